The molecule has 0 aliphatic carbocycles. The lowest BCUT2D eigenvalue weighted by Crippen LogP contribution is -3.00. The van der Waals surface area contributed by atoms with E-state index >= 15 is 0 Å². The van der Waals surface area contributed by atoms with Gasteiger partial charge in [0, 0.05) is 26.9 Å². The summed E-state index contributed by atoms with van der Waals surface area (Å²) < 4.78 is 15.4. The number of nitrogens with one attached hydrogen (secondary N) is 1. The largest absolute Gasteiger partial charge is 1.00 e. The molecular weight excluding hydrogens is 481 g/mol. The maximum Gasteiger partial charge on any atom is 0.249 e. The minimum atomic E-state index is 0. The van der Waals surface area contributed by atoms with Gasteiger partial charge in [-0.2, -0.15) is 4.40 Å². The highest BCUT2D eigenvalue weighted by Crippen LogP contribution is 2.34. The Morgan fingerprint density at radius 2 is 1.66 bits per heavy atom. The summed E-state index contributed by atoms with van der Waals surface area (Å²) in [6.07, 6.45) is 4.27. The second kappa shape index (κ2) is 9.17. The Morgan fingerprint density at radius 1 is 0.886 bits per heavy atom. The zero-order valence-corrected chi connectivity index (χ0v) is 20.8. The Kier molecular flexibility index (Phi) is 6.05. The number of imidazole rings is 1. The molecule has 0 spiro atoms. The van der Waals surface area contributed by atoms with E-state index in [-0.39, 0.29) is 12.4 Å². The van der Waals surface area contributed by atoms with Crippen molar-refractivity contribution in [1.82, 2.24) is 9.55 Å². The molecule has 0 radical (unpaired) electrons. The van der Waals surface area contributed by atoms with Crippen molar-refractivity contribution in [3.63, 3.8) is 0 Å². The molecule has 0 saturated carbocycles. The first-order valence-corrected chi connectivity index (χ1v) is 11.4. The van der Waals surface area contributed by atoms with Crippen LogP contribution in [0.3, 0.4) is 0 Å². The molecule has 0 aliphatic heterocycles. The van der Waals surface area contributed by atoms with Gasteiger partial charge >= 0.3 is 0 Å². The van der Waals surface area contributed by atoms with Gasteiger partial charge in [0.1, 0.15) is 6.54 Å². The molecule has 7 heteroatoms. The summed E-state index contributed by atoms with van der Waals surface area (Å²) in [4.78, 5) is 3.66. The van der Waals surface area contributed by atoms with Crippen LogP contribution in [0.2, 0.25) is 5.02 Å². The van der Waals surface area contributed by atoms with Crippen LogP contribution in [-0.4, -0.2) is 23.8 Å². The molecule has 0 fully saturated rings. The number of rotatable bonds is 5. The summed E-state index contributed by atoms with van der Waals surface area (Å²) in [6, 6.07) is 24.7. The van der Waals surface area contributed by atoms with E-state index in [1.165, 1.54) is 10.8 Å². The molecule has 1 N–H and O–H groups in total. The number of benzene rings is 3. The molecular formula is C28H23Cl2N3O2. The summed E-state index contributed by atoms with van der Waals surface area (Å²) in [7, 11) is 3.31. The topological polar surface area (TPSA) is 43.3 Å². The average Bonchev–Trinajstić information content (AvgIpc) is 3.42. The SMILES string of the molecule is COc1ccc(Cn2c[n+]3ccc4c5ccccc5[nH]c4c3c2-c2ccc(Cl)cc2)cc1OC.[Cl-]. The lowest BCUT2D eigenvalue weighted by atomic mass is 10.1. The van der Waals surface area contributed by atoms with E-state index in [2.05, 4.69) is 75.0 Å². The van der Waals surface area contributed by atoms with Crippen molar-refractivity contribution in [2.24, 2.45) is 0 Å². The fraction of sp³-hybridized carbons (Fsp3) is 0.107. The molecule has 0 atom stereocenters. The van der Waals surface area contributed by atoms with Gasteiger partial charge in [-0.15, -0.1) is 0 Å². The maximum absolute atomic E-state index is 6.23. The number of para-hydroxylation sites is 1. The highest BCUT2D eigenvalue weighted by molar-refractivity contribution is 6.30. The van der Waals surface area contributed by atoms with Crippen LogP contribution < -0.4 is 26.3 Å². The lowest BCUT2D eigenvalue weighted by Gasteiger charge is -2.09. The smallest absolute Gasteiger partial charge is 0.249 e. The van der Waals surface area contributed by atoms with E-state index in [4.69, 9.17) is 21.1 Å². The fourth-order valence-electron chi connectivity index (χ4n) is 4.77. The number of ether oxygens (including phenoxy) is 2. The standard InChI is InChI=1S/C28H23ClN3O2.ClH/c1-33-24-12-7-18(15-25(24)34-2)16-32-17-31-14-13-22-21-5-3-4-6-23(21)30-26(22)28(31)27(32)19-8-10-20(29)11-9-19;/h3-15,17,30H,16H2,1-2H3;1H/q+1;/p-1. The third-order valence-electron chi connectivity index (χ3n) is 6.34. The fourth-order valence-corrected chi connectivity index (χ4v) is 4.89. The average molecular weight is 504 g/mol. The van der Waals surface area contributed by atoms with Crippen LogP contribution in [0.5, 0.6) is 11.5 Å². The van der Waals surface area contributed by atoms with Gasteiger partial charge in [0.2, 0.25) is 11.8 Å². The quantitative estimate of drug-likeness (QED) is 0.367. The van der Waals surface area contributed by atoms with Gasteiger partial charge in [0.15, 0.2) is 17.2 Å². The number of methoxy groups -OCH3 is 2. The molecule has 176 valence electrons. The lowest BCUT2D eigenvalue weighted by molar-refractivity contribution is -0.511. The van der Waals surface area contributed by atoms with Gasteiger partial charge in [-0.3, -0.25) is 0 Å². The minimum Gasteiger partial charge on any atom is -1.00 e. The summed E-state index contributed by atoms with van der Waals surface area (Å²) in [5.74, 6) is 1.44. The number of halogens is 2. The van der Waals surface area contributed by atoms with E-state index in [0.29, 0.717) is 6.54 Å². The molecule has 0 saturated heterocycles. The van der Waals surface area contributed by atoms with Crippen LogP contribution in [0.1, 0.15) is 5.56 Å². The van der Waals surface area contributed by atoms with E-state index < -0.39 is 0 Å². The first-order chi connectivity index (χ1) is 16.7. The Bertz CT molecular complexity index is 1670. The molecule has 0 bridgehead atoms. The molecule has 0 aliphatic rings. The van der Waals surface area contributed by atoms with Crippen molar-refractivity contribution in [2.75, 3.05) is 14.2 Å². The third kappa shape index (κ3) is 3.87. The molecule has 3 aromatic carbocycles. The molecule has 0 amide bonds. The van der Waals surface area contributed by atoms with Crippen molar-refractivity contribution in [1.29, 1.82) is 0 Å². The monoisotopic (exact) mass is 503 g/mol. The van der Waals surface area contributed by atoms with E-state index in [1.807, 2.05) is 24.3 Å². The number of nitrogens with zero attached hydrogens (tertiary/aromatic N) is 2. The first-order valence-electron chi connectivity index (χ1n) is 11.1. The van der Waals surface area contributed by atoms with E-state index in [1.54, 1.807) is 14.2 Å². The van der Waals surface area contributed by atoms with Gasteiger partial charge < -0.3 is 26.9 Å². The zero-order valence-electron chi connectivity index (χ0n) is 19.3. The van der Waals surface area contributed by atoms with Crippen molar-refractivity contribution in [3.05, 3.63) is 95.9 Å². The second-order valence-corrected chi connectivity index (χ2v) is 8.76. The summed E-state index contributed by atoms with van der Waals surface area (Å²) in [6.45, 7) is 0.668. The van der Waals surface area contributed by atoms with Crippen LogP contribution in [0.4, 0.5) is 0 Å². The van der Waals surface area contributed by atoms with Crippen LogP contribution in [0.15, 0.2) is 85.3 Å². The number of aromatic nitrogens is 3. The molecule has 3 heterocycles. The van der Waals surface area contributed by atoms with Crippen LogP contribution >= 0.6 is 11.6 Å². The number of aromatic amines is 1. The van der Waals surface area contributed by atoms with Crippen molar-refractivity contribution in [3.8, 4) is 22.8 Å². The first kappa shape index (κ1) is 23.1. The molecule has 6 rings (SSSR count). The van der Waals surface area contributed by atoms with Crippen molar-refractivity contribution in [2.45, 2.75) is 6.54 Å². The van der Waals surface area contributed by atoms with Crippen molar-refractivity contribution >= 4 is 38.9 Å². The molecule has 3 aromatic heterocycles. The predicted octanol–water partition coefficient (Wildman–Crippen LogP) is 3.25. The molecule has 6 aromatic rings. The second-order valence-electron chi connectivity index (χ2n) is 8.32. The van der Waals surface area contributed by atoms with Gasteiger partial charge in [-0.05, 0) is 54.1 Å². The third-order valence-corrected chi connectivity index (χ3v) is 6.59. The Balaban J connectivity index is 0.00000253. The van der Waals surface area contributed by atoms with Crippen molar-refractivity contribution < 1.29 is 26.3 Å². The normalized spacial score (nSPS) is 11.2. The van der Waals surface area contributed by atoms with Gasteiger partial charge in [0.05, 0.1) is 25.9 Å². The Labute approximate surface area is 213 Å². The summed E-state index contributed by atoms with van der Waals surface area (Å²) in [5, 5.41) is 3.14. The minimum absolute atomic E-state index is 0. The van der Waals surface area contributed by atoms with Crippen LogP contribution in [-0.2, 0) is 6.54 Å². The Morgan fingerprint density at radius 3 is 2.43 bits per heavy atom. The highest BCUT2D eigenvalue weighted by atomic mass is 35.5. The number of hydrogen-bond donors (Lipinski definition) is 1. The van der Waals surface area contributed by atoms with Gasteiger partial charge in [-0.25, -0.2) is 4.57 Å². The Hall–Kier alpha value is -3.67. The molecule has 35 heavy (non-hydrogen) atoms. The van der Waals surface area contributed by atoms with Crippen LogP contribution in [0, 0.1) is 0 Å². The van der Waals surface area contributed by atoms with E-state index in [0.717, 1.165) is 49.9 Å². The van der Waals surface area contributed by atoms with Gasteiger partial charge in [-0.1, -0.05) is 35.9 Å². The highest BCUT2D eigenvalue weighted by Gasteiger charge is 2.24. The molecule has 5 nitrogen and oxygen atoms in total. The van der Waals surface area contributed by atoms with E-state index in [9.17, 15) is 0 Å². The zero-order chi connectivity index (χ0) is 23.2. The number of hydrogen-bond acceptors (Lipinski definition) is 2. The van der Waals surface area contributed by atoms with Gasteiger partial charge in [0.25, 0.3) is 0 Å². The predicted molar refractivity (Wildman–Crippen MR) is 136 cm³/mol. The van der Waals surface area contributed by atoms with Crippen LogP contribution in [0.25, 0.3) is 38.6 Å². The number of fused-ring (bicyclic) bond motifs is 5. The molecule has 0 unspecified atom stereocenters. The number of pyridine rings is 1. The summed E-state index contributed by atoms with van der Waals surface area (Å²) >= 11 is 6.23. The number of H-pyrrole nitrogens is 1. The summed E-state index contributed by atoms with van der Waals surface area (Å²) in [5.41, 5.74) is 6.68. The maximum atomic E-state index is 6.23.